The lowest BCUT2D eigenvalue weighted by molar-refractivity contribution is -0.119. The summed E-state index contributed by atoms with van der Waals surface area (Å²) in [5.74, 6) is 0.878. The van der Waals surface area contributed by atoms with Crippen LogP contribution in [0.5, 0.6) is 0 Å². The summed E-state index contributed by atoms with van der Waals surface area (Å²) in [5.41, 5.74) is 2.26. The first-order valence-corrected chi connectivity index (χ1v) is 7.12. The number of carbonyl (C=O) groups excluding carboxylic acids is 1. The minimum atomic E-state index is -0.00130. The Morgan fingerprint density at radius 2 is 2.15 bits per heavy atom. The third-order valence-corrected chi connectivity index (χ3v) is 3.12. The molecular weight excluding hydrogens is 252 g/mol. The highest BCUT2D eigenvalue weighted by Gasteiger charge is 2.12. The predicted molar refractivity (Wildman–Crippen MR) is 82.9 cm³/mol. The van der Waals surface area contributed by atoms with E-state index in [0.717, 1.165) is 30.0 Å². The van der Waals surface area contributed by atoms with E-state index in [-0.39, 0.29) is 5.91 Å². The highest BCUT2D eigenvalue weighted by Crippen LogP contribution is 2.17. The maximum atomic E-state index is 11.5. The van der Waals surface area contributed by atoms with Gasteiger partial charge in [-0.2, -0.15) is 0 Å². The first-order valence-electron chi connectivity index (χ1n) is 7.12. The molecule has 0 unspecified atom stereocenters. The van der Waals surface area contributed by atoms with Crippen molar-refractivity contribution < 1.29 is 4.79 Å². The van der Waals surface area contributed by atoms with Crippen LogP contribution >= 0.6 is 0 Å². The van der Waals surface area contributed by atoms with Crippen molar-refractivity contribution in [2.24, 2.45) is 0 Å². The van der Waals surface area contributed by atoms with Gasteiger partial charge in [-0.25, -0.2) is 4.98 Å². The van der Waals surface area contributed by atoms with Gasteiger partial charge in [-0.1, -0.05) is 13.8 Å². The van der Waals surface area contributed by atoms with Crippen LogP contribution in [0.2, 0.25) is 0 Å². The number of likely N-dealkylation sites (N-methyl/N-ethyl adjacent to an activating group) is 2. The number of pyridine rings is 1. The number of amides is 1. The lowest BCUT2D eigenvalue weighted by Gasteiger charge is -2.23. The number of nitrogens with one attached hydrogen (secondary N) is 2. The summed E-state index contributed by atoms with van der Waals surface area (Å²) in [6.07, 6.45) is 1.88. The third kappa shape index (κ3) is 4.81. The maximum Gasteiger partial charge on any atom is 0.239 e. The summed E-state index contributed by atoms with van der Waals surface area (Å²) in [5, 5.41) is 6.02. The SMILES string of the molecule is CCN(CC(=O)NC)c1ncc(CNC(C)C)cc1C. The number of aryl methyl sites for hydroxylation is 1. The van der Waals surface area contributed by atoms with Crippen molar-refractivity contribution in [2.75, 3.05) is 25.0 Å². The standard InChI is InChI=1S/C15H26N4O/c1-6-19(10-14(20)16-5)15-12(4)7-13(9-18-15)8-17-11(2)3/h7,9,11,17H,6,8,10H2,1-5H3,(H,16,20). The van der Waals surface area contributed by atoms with Crippen molar-refractivity contribution in [3.8, 4) is 0 Å². The van der Waals surface area contributed by atoms with E-state index in [4.69, 9.17) is 0 Å². The molecule has 0 bridgehead atoms. The van der Waals surface area contributed by atoms with E-state index in [1.54, 1.807) is 7.05 Å². The Hall–Kier alpha value is -1.62. The summed E-state index contributed by atoms with van der Waals surface area (Å²) in [6, 6.07) is 2.58. The number of hydrogen-bond donors (Lipinski definition) is 2. The molecule has 5 nitrogen and oxygen atoms in total. The van der Waals surface area contributed by atoms with Gasteiger partial charge in [-0.05, 0) is 31.0 Å². The highest BCUT2D eigenvalue weighted by molar-refractivity contribution is 5.80. The quantitative estimate of drug-likeness (QED) is 0.793. The van der Waals surface area contributed by atoms with Gasteiger partial charge in [0.05, 0.1) is 6.54 Å². The van der Waals surface area contributed by atoms with Crippen LogP contribution in [0.1, 0.15) is 31.9 Å². The van der Waals surface area contributed by atoms with Gasteiger partial charge in [-0.3, -0.25) is 4.79 Å². The molecule has 1 rings (SSSR count). The van der Waals surface area contributed by atoms with Crippen LogP contribution in [0.15, 0.2) is 12.3 Å². The minimum Gasteiger partial charge on any atom is -0.358 e. The predicted octanol–water partition coefficient (Wildman–Crippen LogP) is 1.46. The van der Waals surface area contributed by atoms with Crippen LogP contribution in [-0.2, 0) is 11.3 Å². The van der Waals surface area contributed by atoms with Gasteiger partial charge >= 0.3 is 0 Å². The molecule has 0 aliphatic heterocycles. The lowest BCUT2D eigenvalue weighted by Crippen LogP contribution is -2.36. The Kier molecular flexibility index (Phi) is 6.45. The maximum absolute atomic E-state index is 11.5. The van der Waals surface area contributed by atoms with Crippen LogP contribution in [-0.4, -0.2) is 37.1 Å². The van der Waals surface area contributed by atoms with E-state index in [9.17, 15) is 4.79 Å². The van der Waals surface area contributed by atoms with Crippen LogP contribution in [0.4, 0.5) is 5.82 Å². The van der Waals surface area contributed by atoms with E-state index < -0.39 is 0 Å². The van der Waals surface area contributed by atoms with Crippen molar-refractivity contribution in [3.05, 3.63) is 23.4 Å². The molecule has 2 N–H and O–H groups in total. The molecule has 0 radical (unpaired) electrons. The van der Waals surface area contributed by atoms with Gasteiger partial charge in [0.2, 0.25) is 5.91 Å². The van der Waals surface area contributed by atoms with E-state index in [2.05, 4.69) is 35.5 Å². The molecule has 0 saturated heterocycles. The Bertz CT molecular complexity index is 445. The van der Waals surface area contributed by atoms with Gasteiger partial charge in [0.1, 0.15) is 5.82 Å². The smallest absolute Gasteiger partial charge is 0.239 e. The molecule has 0 fully saturated rings. The monoisotopic (exact) mass is 278 g/mol. The summed E-state index contributed by atoms with van der Waals surface area (Å²) < 4.78 is 0. The molecule has 1 aromatic heterocycles. The van der Waals surface area contributed by atoms with E-state index in [1.807, 2.05) is 24.9 Å². The summed E-state index contributed by atoms with van der Waals surface area (Å²) in [6.45, 7) is 10.2. The van der Waals surface area contributed by atoms with Crippen LogP contribution in [0.3, 0.4) is 0 Å². The molecule has 5 heteroatoms. The van der Waals surface area contributed by atoms with E-state index in [0.29, 0.717) is 12.6 Å². The zero-order chi connectivity index (χ0) is 15.1. The zero-order valence-corrected chi connectivity index (χ0v) is 13.2. The van der Waals surface area contributed by atoms with E-state index >= 15 is 0 Å². The molecule has 1 amide bonds. The van der Waals surface area contributed by atoms with E-state index in [1.165, 1.54) is 0 Å². The molecular formula is C15H26N4O. The van der Waals surface area contributed by atoms with Crippen molar-refractivity contribution >= 4 is 11.7 Å². The highest BCUT2D eigenvalue weighted by atomic mass is 16.1. The van der Waals surface area contributed by atoms with Crippen LogP contribution in [0, 0.1) is 6.92 Å². The first kappa shape index (κ1) is 16.4. The van der Waals surface area contributed by atoms with Crippen LogP contribution < -0.4 is 15.5 Å². The Morgan fingerprint density at radius 1 is 1.45 bits per heavy atom. The molecule has 0 spiro atoms. The largest absolute Gasteiger partial charge is 0.358 e. The van der Waals surface area contributed by atoms with Gasteiger partial charge in [0, 0.05) is 32.4 Å². The average molecular weight is 278 g/mol. The minimum absolute atomic E-state index is 0.00130. The topological polar surface area (TPSA) is 57.3 Å². The molecule has 0 atom stereocenters. The molecule has 0 aromatic carbocycles. The molecule has 1 aromatic rings. The number of anilines is 1. The second-order valence-electron chi connectivity index (χ2n) is 5.21. The van der Waals surface area contributed by atoms with Crippen molar-refractivity contribution in [2.45, 2.75) is 40.3 Å². The number of nitrogens with zero attached hydrogens (tertiary/aromatic N) is 2. The molecule has 1 heterocycles. The Balaban J connectivity index is 2.82. The Labute approximate surface area is 121 Å². The fourth-order valence-electron chi connectivity index (χ4n) is 1.96. The second kappa shape index (κ2) is 7.85. The average Bonchev–Trinajstić information content (AvgIpc) is 2.42. The first-order chi connectivity index (χ1) is 9.47. The number of rotatable bonds is 7. The summed E-state index contributed by atoms with van der Waals surface area (Å²) in [4.78, 5) is 18.0. The molecule has 0 aliphatic rings. The second-order valence-corrected chi connectivity index (χ2v) is 5.21. The Morgan fingerprint density at radius 3 is 2.65 bits per heavy atom. The van der Waals surface area contributed by atoms with Gasteiger partial charge < -0.3 is 15.5 Å². The number of hydrogen-bond acceptors (Lipinski definition) is 4. The molecule has 112 valence electrons. The fourth-order valence-corrected chi connectivity index (χ4v) is 1.96. The van der Waals surface area contributed by atoms with Crippen molar-refractivity contribution in [1.82, 2.24) is 15.6 Å². The number of carbonyl (C=O) groups is 1. The van der Waals surface area contributed by atoms with Gasteiger partial charge in [0.25, 0.3) is 0 Å². The van der Waals surface area contributed by atoms with Crippen molar-refractivity contribution in [1.29, 1.82) is 0 Å². The van der Waals surface area contributed by atoms with Gasteiger partial charge in [0.15, 0.2) is 0 Å². The fraction of sp³-hybridized carbons (Fsp3) is 0.600. The van der Waals surface area contributed by atoms with Gasteiger partial charge in [-0.15, -0.1) is 0 Å². The summed E-state index contributed by atoms with van der Waals surface area (Å²) >= 11 is 0. The normalized spacial score (nSPS) is 10.7. The molecule has 20 heavy (non-hydrogen) atoms. The van der Waals surface area contributed by atoms with Crippen LogP contribution in [0.25, 0.3) is 0 Å². The zero-order valence-electron chi connectivity index (χ0n) is 13.2. The summed E-state index contributed by atoms with van der Waals surface area (Å²) in [7, 11) is 1.65. The third-order valence-electron chi connectivity index (χ3n) is 3.12. The molecule has 0 aliphatic carbocycles. The van der Waals surface area contributed by atoms with Crippen molar-refractivity contribution in [3.63, 3.8) is 0 Å². The number of aromatic nitrogens is 1. The lowest BCUT2D eigenvalue weighted by atomic mass is 10.2. The molecule has 0 saturated carbocycles.